The normalized spacial score (nSPS) is 24.8. The van der Waals surface area contributed by atoms with Gasteiger partial charge < -0.3 is 10.5 Å². The van der Waals surface area contributed by atoms with Crippen molar-refractivity contribution in [3.8, 4) is 0 Å². The average molecular weight is 253 g/mol. The number of cyclic esters (lactones) is 1. The quantitative estimate of drug-likeness (QED) is 0.767. The fourth-order valence-corrected chi connectivity index (χ4v) is 2.05. The predicted molar refractivity (Wildman–Crippen MR) is 69.6 cm³/mol. The highest BCUT2D eigenvalue weighted by atomic mass is 16.6. The third-order valence-corrected chi connectivity index (χ3v) is 3.39. The van der Waals surface area contributed by atoms with Gasteiger partial charge in [0.2, 0.25) is 5.91 Å². The van der Waals surface area contributed by atoms with E-state index in [1.54, 1.807) is 6.08 Å². The van der Waals surface area contributed by atoms with Gasteiger partial charge in [-0.25, -0.2) is 4.79 Å². The number of hydrogen-bond acceptors (Lipinski definition) is 3. The van der Waals surface area contributed by atoms with Crippen LogP contribution in [-0.2, 0) is 14.3 Å². The van der Waals surface area contributed by atoms with Crippen molar-refractivity contribution in [1.82, 2.24) is 0 Å². The molecule has 1 aliphatic rings. The van der Waals surface area contributed by atoms with Crippen molar-refractivity contribution in [2.75, 3.05) is 0 Å². The lowest BCUT2D eigenvalue weighted by molar-refractivity contribution is -0.158. The number of ether oxygens (including phenoxy) is 1. The third-order valence-electron chi connectivity index (χ3n) is 3.39. The molecule has 0 saturated heterocycles. The average Bonchev–Trinajstić information content (AvgIpc) is 2.40. The Morgan fingerprint density at radius 2 is 1.78 bits per heavy atom. The standard InChI is InChI=1S/C14H23NO3/c1-12(2,3)9-7-14(8-10(15)16,13(4,5)6)18-11(9)17/h7H,8H2,1-6H3,(H2,15,16)/t14-/m1/s1. The number of nitrogens with two attached hydrogens (primary N) is 1. The summed E-state index contributed by atoms with van der Waals surface area (Å²) in [6, 6.07) is 0. The second-order valence-corrected chi connectivity index (χ2v) is 6.98. The first-order valence-corrected chi connectivity index (χ1v) is 6.14. The number of carbonyl (C=O) groups is 2. The van der Waals surface area contributed by atoms with E-state index in [4.69, 9.17) is 10.5 Å². The summed E-state index contributed by atoms with van der Waals surface area (Å²) < 4.78 is 5.53. The maximum atomic E-state index is 12.0. The van der Waals surface area contributed by atoms with Crippen LogP contribution >= 0.6 is 0 Å². The van der Waals surface area contributed by atoms with E-state index in [2.05, 4.69) is 0 Å². The molecule has 102 valence electrons. The highest BCUT2D eigenvalue weighted by Crippen LogP contribution is 2.46. The van der Waals surface area contributed by atoms with Crippen LogP contribution in [0.1, 0.15) is 48.0 Å². The van der Waals surface area contributed by atoms with Gasteiger partial charge in [-0.1, -0.05) is 41.5 Å². The predicted octanol–water partition coefficient (Wildman–Crippen LogP) is 2.18. The molecule has 0 aromatic heterocycles. The molecular formula is C14H23NO3. The van der Waals surface area contributed by atoms with E-state index in [-0.39, 0.29) is 23.2 Å². The number of esters is 1. The fourth-order valence-electron chi connectivity index (χ4n) is 2.05. The summed E-state index contributed by atoms with van der Waals surface area (Å²) in [5.41, 5.74) is 4.28. The minimum atomic E-state index is -0.932. The van der Waals surface area contributed by atoms with Crippen LogP contribution in [0, 0.1) is 10.8 Å². The Morgan fingerprint density at radius 1 is 1.28 bits per heavy atom. The van der Waals surface area contributed by atoms with Gasteiger partial charge in [-0.2, -0.15) is 0 Å². The van der Waals surface area contributed by atoms with Gasteiger partial charge in [-0.05, 0) is 11.5 Å². The highest BCUT2D eigenvalue weighted by Gasteiger charge is 2.51. The lowest BCUT2D eigenvalue weighted by Crippen LogP contribution is -2.45. The summed E-state index contributed by atoms with van der Waals surface area (Å²) in [6.07, 6.45) is 1.81. The molecule has 0 aromatic carbocycles. The molecule has 4 nitrogen and oxygen atoms in total. The second kappa shape index (κ2) is 4.11. The number of amides is 1. The molecular weight excluding hydrogens is 230 g/mol. The van der Waals surface area contributed by atoms with Gasteiger partial charge in [0.1, 0.15) is 5.60 Å². The van der Waals surface area contributed by atoms with Gasteiger partial charge in [-0.3, -0.25) is 4.79 Å². The molecule has 0 spiro atoms. The molecule has 0 fully saturated rings. The molecule has 0 aromatic rings. The fraction of sp³-hybridized carbons (Fsp3) is 0.714. The molecule has 2 N–H and O–H groups in total. The second-order valence-electron chi connectivity index (χ2n) is 6.98. The Balaban J connectivity index is 3.29. The minimum Gasteiger partial charge on any atom is -0.450 e. The molecule has 0 unspecified atom stereocenters. The van der Waals surface area contributed by atoms with Crippen LogP contribution < -0.4 is 5.73 Å². The van der Waals surface area contributed by atoms with E-state index < -0.39 is 11.5 Å². The zero-order valence-corrected chi connectivity index (χ0v) is 12.1. The number of carbonyl (C=O) groups excluding carboxylic acids is 2. The van der Waals surface area contributed by atoms with Crippen molar-refractivity contribution in [3.63, 3.8) is 0 Å². The SMILES string of the molecule is CC(C)(C)C1=C[C@@](CC(N)=O)(C(C)(C)C)OC1=O. The Labute approximate surface area is 109 Å². The van der Waals surface area contributed by atoms with E-state index >= 15 is 0 Å². The topological polar surface area (TPSA) is 69.4 Å². The van der Waals surface area contributed by atoms with E-state index in [0.29, 0.717) is 5.57 Å². The molecule has 1 aliphatic heterocycles. The number of rotatable bonds is 2. The zero-order valence-electron chi connectivity index (χ0n) is 12.1. The van der Waals surface area contributed by atoms with Crippen molar-refractivity contribution < 1.29 is 14.3 Å². The number of primary amides is 1. The summed E-state index contributed by atoms with van der Waals surface area (Å²) >= 11 is 0. The largest absolute Gasteiger partial charge is 0.450 e. The molecule has 1 heterocycles. The maximum Gasteiger partial charge on any atom is 0.335 e. The molecule has 18 heavy (non-hydrogen) atoms. The van der Waals surface area contributed by atoms with Crippen LogP contribution in [0.3, 0.4) is 0 Å². The highest BCUT2D eigenvalue weighted by molar-refractivity contribution is 5.94. The van der Waals surface area contributed by atoms with Crippen molar-refractivity contribution in [1.29, 1.82) is 0 Å². The molecule has 0 aliphatic carbocycles. The van der Waals surface area contributed by atoms with E-state index in [1.807, 2.05) is 41.5 Å². The molecule has 1 atom stereocenters. The van der Waals surface area contributed by atoms with Gasteiger partial charge in [0, 0.05) is 11.0 Å². The summed E-state index contributed by atoms with van der Waals surface area (Å²) in [5.74, 6) is -0.817. The lowest BCUT2D eigenvalue weighted by atomic mass is 9.72. The van der Waals surface area contributed by atoms with Crippen LogP contribution in [0.25, 0.3) is 0 Å². The summed E-state index contributed by atoms with van der Waals surface area (Å²) in [5, 5.41) is 0. The Morgan fingerprint density at radius 3 is 2.06 bits per heavy atom. The van der Waals surface area contributed by atoms with Crippen LogP contribution in [0.15, 0.2) is 11.6 Å². The van der Waals surface area contributed by atoms with E-state index in [0.717, 1.165) is 0 Å². The van der Waals surface area contributed by atoms with Gasteiger partial charge in [0.25, 0.3) is 0 Å². The summed E-state index contributed by atoms with van der Waals surface area (Å²) in [6.45, 7) is 11.7. The van der Waals surface area contributed by atoms with Crippen LogP contribution in [0.4, 0.5) is 0 Å². The molecule has 1 amide bonds. The van der Waals surface area contributed by atoms with Crippen LogP contribution in [-0.4, -0.2) is 17.5 Å². The van der Waals surface area contributed by atoms with E-state index in [9.17, 15) is 9.59 Å². The number of hydrogen-bond donors (Lipinski definition) is 1. The van der Waals surface area contributed by atoms with Crippen LogP contribution in [0.5, 0.6) is 0 Å². The third kappa shape index (κ3) is 2.57. The molecule has 0 radical (unpaired) electrons. The minimum absolute atomic E-state index is 0.0157. The maximum absolute atomic E-state index is 12.0. The Bertz CT molecular complexity index is 410. The lowest BCUT2D eigenvalue weighted by Gasteiger charge is -2.38. The first-order chi connectivity index (χ1) is 7.89. The van der Waals surface area contributed by atoms with Gasteiger partial charge >= 0.3 is 5.97 Å². The molecule has 0 bridgehead atoms. The van der Waals surface area contributed by atoms with Gasteiger partial charge in [0.05, 0.1) is 6.42 Å². The summed E-state index contributed by atoms with van der Waals surface area (Å²) in [4.78, 5) is 23.3. The first-order valence-electron chi connectivity index (χ1n) is 6.14. The van der Waals surface area contributed by atoms with Crippen LogP contribution in [0.2, 0.25) is 0 Å². The van der Waals surface area contributed by atoms with Gasteiger partial charge in [0.15, 0.2) is 0 Å². The Kier molecular flexibility index (Phi) is 3.36. The van der Waals surface area contributed by atoms with Crippen molar-refractivity contribution >= 4 is 11.9 Å². The molecule has 1 rings (SSSR count). The van der Waals surface area contributed by atoms with E-state index in [1.165, 1.54) is 0 Å². The smallest absolute Gasteiger partial charge is 0.335 e. The molecule has 4 heteroatoms. The Hall–Kier alpha value is -1.32. The van der Waals surface area contributed by atoms with Gasteiger partial charge in [-0.15, -0.1) is 0 Å². The first kappa shape index (κ1) is 14.7. The zero-order chi connectivity index (χ0) is 14.4. The van der Waals surface area contributed by atoms with Crippen molar-refractivity contribution in [3.05, 3.63) is 11.6 Å². The van der Waals surface area contributed by atoms with Crippen molar-refractivity contribution in [2.24, 2.45) is 16.6 Å². The molecule has 0 saturated carbocycles. The monoisotopic (exact) mass is 253 g/mol. The van der Waals surface area contributed by atoms with Crippen molar-refractivity contribution in [2.45, 2.75) is 53.6 Å². The summed E-state index contributed by atoms with van der Waals surface area (Å²) in [7, 11) is 0.